The van der Waals surface area contributed by atoms with Crippen molar-refractivity contribution < 1.29 is 9.53 Å². The number of nitrogens with zero attached hydrogens (tertiary/aromatic N) is 1. The van der Waals surface area contributed by atoms with E-state index in [1.54, 1.807) is 7.11 Å². The van der Waals surface area contributed by atoms with Gasteiger partial charge in [0.2, 0.25) is 0 Å². The molecule has 6 heteroatoms. The molecular weight excluding hydrogens is 533 g/mol. The first-order valence-electron chi connectivity index (χ1n) is 14.2. The molecule has 1 aliphatic carbocycles. The van der Waals surface area contributed by atoms with Gasteiger partial charge in [-0.2, -0.15) is 0 Å². The minimum atomic E-state index is -0.0504. The van der Waals surface area contributed by atoms with Crippen LogP contribution in [-0.2, 0) is 6.54 Å². The highest BCUT2D eigenvalue weighted by atomic mass is 32.2. The number of amides is 1. The number of thiol groups is 1. The van der Waals surface area contributed by atoms with Gasteiger partial charge in [0.15, 0.2) is 0 Å². The van der Waals surface area contributed by atoms with Crippen LogP contribution in [0.4, 0.5) is 0 Å². The minimum Gasteiger partial charge on any atom is -0.497 e. The van der Waals surface area contributed by atoms with Crippen molar-refractivity contribution in [3.05, 3.63) is 82.9 Å². The van der Waals surface area contributed by atoms with Crippen LogP contribution in [0.15, 0.2) is 65.6 Å². The van der Waals surface area contributed by atoms with Gasteiger partial charge in [-0.3, -0.25) is 9.52 Å². The van der Waals surface area contributed by atoms with Crippen LogP contribution in [0.2, 0.25) is 0 Å². The van der Waals surface area contributed by atoms with E-state index in [0.29, 0.717) is 23.3 Å². The zero-order chi connectivity index (χ0) is 27.8. The van der Waals surface area contributed by atoms with Gasteiger partial charge in [0.25, 0.3) is 5.91 Å². The van der Waals surface area contributed by atoms with Crippen LogP contribution in [0.25, 0.3) is 33.8 Å². The predicted molar refractivity (Wildman–Crippen MR) is 172 cm³/mol. The van der Waals surface area contributed by atoms with Crippen LogP contribution < -0.4 is 9.46 Å². The Balaban J connectivity index is 1.62. The predicted octanol–water partition coefficient (Wildman–Crippen LogP) is 8.99. The van der Waals surface area contributed by atoms with E-state index in [1.807, 2.05) is 18.2 Å². The number of nitrogens with one attached hydrogen (secondary N) is 1. The number of methoxy groups -OCH3 is 1. The lowest BCUT2D eigenvalue weighted by Crippen LogP contribution is -2.18. The Morgan fingerprint density at radius 2 is 1.82 bits per heavy atom. The van der Waals surface area contributed by atoms with E-state index in [2.05, 4.69) is 71.7 Å². The monoisotopic (exact) mass is 568 g/mol. The van der Waals surface area contributed by atoms with E-state index < -0.39 is 0 Å². The summed E-state index contributed by atoms with van der Waals surface area (Å²) in [5.41, 5.74) is 9.18. The largest absolute Gasteiger partial charge is 0.497 e. The van der Waals surface area contributed by atoms with Crippen LogP contribution in [0.3, 0.4) is 0 Å². The second-order valence-electron chi connectivity index (χ2n) is 11.2. The first-order chi connectivity index (χ1) is 19.4. The third-order valence-corrected chi connectivity index (χ3v) is 9.35. The molecule has 0 radical (unpaired) electrons. The summed E-state index contributed by atoms with van der Waals surface area (Å²) in [6.45, 7) is 4.85. The number of hydrogen-bond acceptors (Lipinski definition) is 4. The molecule has 0 bridgehead atoms. The fraction of sp³-hybridized carbons (Fsp3) is 0.324. The van der Waals surface area contributed by atoms with Crippen LogP contribution in [0, 0.1) is 0 Å². The van der Waals surface area contributed by atoms with E-state index in [0.717, 1.165) is 27.3 Å². The molecule has 1 saturated carbocycles. The molecule has 1 amide bonds. The van der Waals surface area contributed by atoms with Gasteiger partial charge in [-0.25, -0.2) is 0 Å². The minimum absolute atomic E-state index is 0.0504. The molecule has 4 aromatic rings. The number of ether oxygens (including phenoxy) is 1. The third kappa shape index (κ3) is 5.08. The number of hydrogen-bond donors (Lipinski definition) is 2. The van der Waals surface area contributed by atoms with Gasteiger partial charge in [0, 0.05) is 38.7 Å². The summed E-state index contributed by atoms with van der Waals surface area (Å²) in [5, 5.41) is 1.58. The molecule has 40 heavy (non-hydrogen) atoms. The van der Waals surface area contributed by atoms with Crippen molar-refractivity contribution in [2.75, 3.05) is 7.11 Å². The topological polar surface area (TPSA) is 43.3 Å². The number of carbonyl (C=O) groups excluding carboxylic acids is 1. The first kappa shape index (κ1) is 27.1. The zero-order valence-electron chi connectivity index (χ0n) is 23.4. The van der Waals surface area contributed by atoms with Gasteiger partial charge in [0.1, 0.15) is 5.75 Å². The van der Waals surface area contributed by atoms with Gasteiger partial charge in [-0.1, -0.05) is 57.4 Å². The van der Waals surface area contributed by atoms with Gasteiger partial charge < -0.3 is 9.30 Å². The number of allylic oxidation sites excluding steroid dienone is 1. The van der Waals surface area contributed by atoms with Gasteiger partial charge in [0.05, 0.1) is 12.8 Å². The van der Waals surface area contributed by atoms with E-state index in [4.69, 9.17) is 17.4 Å². The second-order valence-corrected chi connectivity index (χ2v) is 13.0. The molecule has 4 nitrogen and oxygen atoms in total. The fourth-order valence-electron chi connectivity index (χ4n) is 6.32. The SMILES string of the molecule is COc1ccc2c(c1)C=C(c1ccccc1S)Cn1c-2c(C2CCCCC2)c2ccc(C(=O)NSC(C)C)cc21. The molecular formula is C34H36N2O2S2. The van der Waals surface area contributed by atoms with Gasteiger partial charge in [-0.15, -0.1) is 12.6 Å². The lowest BCUT2D eigenvalue weighted by Gasteiger charge is -2.24. The smallest absolute Gasteiger partial charge is 0.261 e. The lowest BCUT2D eigenvalue weighted by atomic mass is 9.81. The molecule has 2 aliphatic rings. The average molecular weight is 569 g/mol. The van der Waals surface area contributed by atoms with E-state index in [9.17, 15) is 4.79 Å². The molecule has 0 spiro atoms. The zero-order valence-corrected chi connectivity index (χ0v) is 25.1. The summed E-state index contributed by atoms with van der Waals surface area (Å²) >= 11 is 6.29. The molecule has 3 aromatic carbocycles. The van der Waals surface area contributed by atoms with Crippen molar-refractivity contribution in [3.8, 4) is 17.0 Å². The maximum Gasteiger partial charge on any atom is 0.261 e. The molecule has 1 N–H and O–H groups in total. The van der Waals surface area contributed by atoms with Gasteiger partial charge >= 0.3 is 0 Å². The van der Waals surface area contributed by atoms with Crippen molar-refractivity contribution in [2.24, 2.45) is 0 Å². The molecule has 206 valence electrons. The Morgan fingerprint density at radius 3 is 2.58 bits per heavy atom. The maximum absolute atomic E-state index is 13.2. The summed E-state index contributed by atoms with van der Waals surface area (Å²) in [5.74, 6) is 1.29. The molecule has 2 heterocycles. The number of benzene rings is 3. The number of aromatic nitrogens is 1. The van der Waals surface area contributed by atoms with Crippen molar-refractivity contribution in [3.63, 3.8) is 0 Å². The van der Waals surface area contributed by atoms with Crippen LogP contribution >= 0.6 is 24.6 Å². The Labute approximate surface area is 246 Å². The summed E-state index contributed by atoms with van der Waals surface area (Å²) in [4.78, 5) is 14.1. The standard InChI is InChI=1S/C34H36N2O2S2/c1-21(2)40-35-34(37)23-13-15-29-30(19-23)36-20-25(27-11-7-8-12-31(27)39)17-24-18-26(38-3)14-16-28(24)33(36)32(29)22-9-5-4-6-10-22/h7-8,11-19,21-22,39H,4-6,9-10,20H2,1-3H3,(H,35,37). The van der Waals surface area contributed by atoms with E-state index >= 15 is 0 Å². The fourth-order valence-corrected chi connectivity index (χ4v) is 7.09. The van der Waals surface area contributed by atoms with E-state index in [-0.39, 0.29) is 5.91 Å². The van der Waals surface area contributed by atoms with Gasteiger partial charge in [-0.05, 0) is 95.4 Å². The van der Waals surface area contributed by atoms with Crippen molar-refractivity contribution in [1.82, 2.24) is 9.29 Å². The van der Waals surface area contributed by atoms with Crippen molar-refractivity contribution in [2.45, 2.75) is 68.6 Å². The Kier molecular flexibility index (Phi) is 7.74. The average Bonchev–Trinajstić information content (AvgIpc) is 3.19. The number of fused-ring (bicyclic) bond motifs is 5. The quantitative estimate of drug-likeness (QED) is 0.180. The first-order valence-corrected chi connectivity index (χ1v) is 15.6. The molecule has 0 atom stereocenters. The Bertz CT molecular complexity index is 1610. The second kappa shape index (κ2) is 11.4. The maximum atomic E-state index is 13.2. The van der Waals surface area contributed by atoms with Crippen molar-refractivity contribution in [1.29, 1.82) is 0 Å². The molecule has 1 aliphatic heterocycles. The number of rotatable bonds is 6. The van der Waals surface area contributed by atoms with E-state index in [1.165, 1.54) is 71.8 Å². The Morgan fingerprint density at radius 1 is 1.02 bits per heavy atom. The van der Waals surface area contributed by atoms with Crippen molar-refractivity contribution >= 4 is 53.0 Å². The third-order valence-electron chi connectivity index (χ3n) is 8.19. The number of carbonyl (C=O) groups is 1. The van der Waals surface area contributed by atoms with Crippen LogP contribution in [0.5, 0.6) is 5.75 Å². The molecule has 6 rings (SSSR count). The normalized spacial score (nSPS) is 15.4. The highest BCUT2D eigenvalue weighted by Crippen LogP contribution is 2.48. The molecule has 0 saturated heterocycles. The molecule has 1 aromatic heterocycles. The summed E-state index contributed by atoms with van der Waals surface area (Å²) in [6.07, 6.45) is 8.52. The highest BCUT2D eigenvalue weighted by Gasteiger charge is 2.30. The summed E-state index contributed by atoms with van der Waals surface area (Å²) < 4.78 is 11.1. The summed E-state index contributed by atoms with van der Waals surface area (Å²) in [6, 6.07) is 21.0. The summed E-state index contributed by atoms with van der Waals surface area (Å²) in [7, 11) is 1.72. The van der Waals surface area contributed by atoms with Crippen LogP contribution in [0.1, 0.15) is 78.9 Å². The van der Waals surface area contributed by atoms with Crippen LogP contribution in [-0.4, -0.2) is 22.8 Å². The lowest BCUT2D eigenvalue weighted by molar-refractivity contribution is 0.0984. The highest BCUT2D eigenvalue weighted by molar-refractivity contribution is 7.98. The Hall–Kier alpha value is -3.09. The molecule has 0 unspecified atom stereocenters. The molecule has 1 fully saturated rings.